The Morgan fingerprint density at radius 2 is 1.28 bits per heavy atom. The van der Waals surface area contributed by atoms with Crippen molar-refractivity contribution in [3.8, 4) is 0 Å². The summed E-state index contributed by atoms with van der Waals surface area (Å²) in [4.78, 5) is -0.784. The lowest BCUT2D eigenvalue weighted by Crippen LogP contribution is -2.52. The fourth-order valence-corrected chi connectivity index (χ4v) is 8.37. The Labute approximate surface area is 146 Å². The first kappa shape index (κ1) is 16.7. The van der Waals surface area contributed by atoms with Crippen molar-refractivity contribution in [1.82, 2.24) is 0 Å². The van der Waals surface area contributed by atoms with E-state index in [9.17, 15) is 0 Å². The molecule has 5 atom stereocenters. The molecule has 0 N–H and O–H groups in total. The predicted molar refractivity (Wildman–Crippen MR) is 83.9 cm³/mol. The van der Waals surface area contributed by atoms with E-state index in [0.717, 1.165) is 0 Å². The van der Waals surface area contributed by atoms with Crippen molar-refractivity contribution in [2.75, 3.05) is 11.8 Å². The van der Waals surface area contributed by atoms with Crippen LogP contribution in [0.4, 0.5) is 0 Å². The second-order valence-corrected chi connectivity index (χ2v) is 8.45. The van der Waals surface area contributed by atoms with Gasteiger partial charge in [-0.3, -0.25) is 0 Å². The number of fused-ring (bicyclic) bond motifs is 2. The molecule has 0 aliphatic heterocycles. The maximum Gasteiger partial charge on any atom is 0.115 e. The van der Waals surface area contributed by atoms with Crippen molar-refractivity contribution < 1.29 is 0 Å². The maximum absolute atomic E-state index is 6.45. The van der Waals surface area contributed by atoms with Crippen LogP contribution in [0.15, 0.2) is 0 Å². The van der Waals surface area contributed by atoms with Gasteiger partial charge in [0.1, 0.15) is 4.84 Å². The van der Waals surface area contributed by atoms with Gasteiger partial charge in [0.05, 0.1) is 21.5 Å². The lowest BCUT2D eigenvalue weighted by molar-refractivity contribution is 0.158. The van der Waals surface area contributed by atoms with Crippen LogP contribution in [0.1, 0.15) is 0 Å². The van der Waals surface area contributed by atoms with Crippen LogP contribution in [-0.4, -0.2) is 38.1 Å². The van der Waals surface area contributed by atoms with E-state index in [1.807, 2.05) is 0 Å². The molecular formula is C10H10Cl8. The largest absolute Gasteiger partial charge is 0.126 e. The molecule has 0 aromatic rings. The topological polar surface area (TPSA) is 0 Å². The number of hydrogen-bond acceptors (Lipinski definition) is 0. The predicted octanol–water partition coefficient (Wildman–Crippen LogP) is 5.31. The third-order valence-electron chi connectivity index (χ3n) is 4.52. The molecule has 18 heavy (non-hydrogen) atoms. The second-order valence-electron chi connectivity index (χ2n) is 4.87. The molecule has 0 aromatic carbocycles. The van der Waals surface area contributed by atoms with Crippen LogP contribution < -0.4 is 0 Å². The van der Waals surface area contributed by atoms with Gasteiger partial charge in [-0.2, -0.15) is 0 Å². The van der Waals surface area contributed by atoms with Gasteiger partial charge in [-0.15, -0.1) is 92.8 Å². The van der Waals surface area contributed by atoms with Crippen molar-refractivity contribution in [2.24, 2.45) is 16.7 Å². The molecule has 0 aromatic heterocycles. The van der Waals surface area contributed by atoms with Crippen molar-refractivity contribution in [3.05, 3.63) is 0 Å². The lowest BCUT2D eigenvalue weighted by Gasteiger charge is -2.45. The molecule has 0 amide bonds. The van der Waals surface area contributed by atoms with Gasteiger partial charge >= 0.3 is 0 Å². The van der Waals surface area contributed by atoms with Gasteiger partial charge in [0.2, 0.25) is 0 Å². The van der Waals surface area contributed by atoms with E-state index in [1.54, 1.807) is 0 Å². The number of hydrogen-bond donors (Lipinski definition) is 0. The van der Waals surface area contributed by atoms with E-state index in [2.05, 4.69) is 0 Å². The molecule has 2 bridgehead atoms. The molecule has 0 radical (unpaired) electrons. The first-order chi connectivity index (χ1) is 8.32. The summed E-state index contributed by atoms with van der Waals surface area (Å²) in [5, 5.41) is -1.72. The van der Waals surface area contributed by atoms with Crippen LogP contribution in [-0.2, 0) is 0 Å². The van der Waals surface area contributed by atoms with Crippen LogP contribution in [0.3, 0.4) is 0 Å². The summed E-state index contributed by atoms with van der Waals surface area (Å²) in [5.41, 5.74) is -1.53. The molecule has 2 fully saturated rings. The Balaban J connectivity index is 2.66. The molecule has 8 heteroatoms. The van der Waals surface area contributed by atoms with Crippen molar-refractivity contribution in [2.45, 2.75) is 26.3 Å². The molecule has 2 saturated carbocycles. The zero-order chi connectivity index (χ0) is 13.9. The highest BCUT2D eigenvalue weighted by Gasteiger charge is 2.79. The van der Waals surface area contributed by atoms with Gasteiger partial charge < -0.3 is 0 Å². The molecule has 0 saturated heterocycles. The molecule has 2 aliphatic rings. The minimum atomic E-state index is -0.784. The van der Waals surface area contributed by atoms with Gasteiger partial charge in [-0.1, -0.05) is 0 Å². The summed E-state index contributed by atoms with van der Waals surface area (Å²) in [6.45, 7) is 0. The van der Waals surface area contributed by atoms with Gasteiger partial charge in [0.25, 0.3) is 0 Å². The van der Waals surface area contributed by atoms with Crippen molar-refractivity contribution >= 4 is 92.8 Å². The standard InChI is InChI=1S/C10H10Cl8/c11-1-9(8(17)18)3-4(13)6(15)10(9,2-12)7(16)5(3)14/h3-8H,1-2H2. The molecule has 2 rings (SSSR count). The molecule has 5 unspecified atom stereocenters. The lowest BCUT2D eigenvalue weighted by atomic mass is 9.70. The molecule has 0 heterocycles. The zero-order valence-electron chi connectivity index (χ0n) is 8.90. The van der Waals surface area contributed by atoms with E-state index in [0.29, 0.717) is 0 Å². The first-order valence-corrected chi connectivity index (χ1v) is 8.98. The number of halogens is 8. The fraction of sp³-hybridized carbons (Fsp3) is 1.00. The summed E-state index contributed by atoms with van der Waals surface area (Å²) < 4.78 is 0. The Hall–Kier alpha value is 2.32. The second kappa shape index (κ2) is 5.51. The summed E-state index contributed by atoms with van der Waals surface area (Å²) in [7, 11) is 0. The minimum absolute atomic E-state index is 0.168. The van der Waals surface area contributed by atoms with E-state index >= 15 is 0 Å². The monoisotopic (exact) mass is 410 g/mol. The van der Waals surface area contributed by atoms with E-state index < -0.39 is 37.2 Å². The minimum Gasteiger partial charge on any atom is -0.126 e. The Morgan fingerprint density at radius 3 is 1.50 bits per heavy atom. The van der Waals surface area contributed by atoms with Gasteiger partial charge in [-0.25, -0.2) is 0 Å². The van der Waals surface area contributed by atoms with Gasteiger partial charge in [-0.05, 0) is 0 Å². The molecule has 2 aliphatic carbocycles. The third-order valence-corrected chi connectivity index (χ3v) is 8.81. The average molecular weight is 414 g/mol. The van der Waals surface area contributed by atoms with E-state index in [-0.39, 0.29) is 17.7 Å². The van der Waals surface area contributed by atoms with Gasteiger partial charge in [0.15, 0.2) is 0 Å². The zero-order valence-corrected chi connectivity index (χ0v) is 14.9. The van der Waals surface area contributed by atoms with Gasteiger partial charge in [0, 0.05) is 28.5 Å². The normalized spacial score (nSPS) is 55.5. The Morgan fingerprint density at radius 1 is 0.833 bits per heavy atom. The summed E-state index contributed by atoms with van der Waals surface area (Å²) in [5.74, 6) is 0.0732. The van der Waals surface area contributed by atoms with E-state index in [4.69, 9.17) is 92.8 Å². The average Bonchev–Trinajstić information content (AvgIpc) is 2.66. The van der Waals surface area contributed by atoms with Crippen LogP contribution in [0.25, 0.3) is 0 Å². The highest BCUT2D eigenvalue weighted by Crippen LogP contribution is 2.74. The van der Waals surface area contributed by atoms with Crippen LogP contribution >= 0.6 is 92.8 Å². The van der Waals surface area contributed by atoms with E-state index in [1.165, 1.54) is 0 Å². The number of alkyl halides is 8. The Kier molecular flexibility index (Phi) is 5.10. The summed E-state index contributed by atoms with van der Waals surface area (Å²) >= 11 is 50.4. The SMILES string of the molecule is ClCC12C(Cl)C(Cl)C(C(Cl)C1Cl)C2(CCl)C(Cl)Cl. The molecular weight excluding hydrogens is 404 g/mol. The van der Waals surface area contributed by atoms with Crippen molar-refractivity contribution in [1.29, 1.82) is 0 Å². The molecule has 0 spiro atoms. The molecule has 0 nitrogen and oxygen atoms in total. The quantitative estimate of drug-likeness (QED) is 0.550. The summed E-state index contributed by atoms with van der Waals surface area (Å²) in [6, 6.07) is 0. The summed E-state index contributed by atoms with van der Waals surface area (Å²) in [6.07, 6.45) is 0. The first-order valence-electron chi connectivity index (χ1n) is 5.29. The van der Waals surface area contributed by atoms with Crippen LogP contribution in [0, 0.1) is 16.7 Å². The maximum atomic E-state index is 6.45. The molecule has 106 valence electrons. The number of rotatable bonds is 3. The third kappa shape index (κ3) is 1.67. The Bertz CT molecular complexity index is 314. The van der Waals surface area contributed by atoms with Crippen molar-refractivity contribution in [3.63, 3.8) is 0 Å². The fourth-order valence-electron chi connectivity index (χ4n) is 3.54. The van der Waals surface area contributed by atoms with Crippen LogP contribution in [0.5, 0.6) is 0 Å². The smallest absolute Gasteiger partial charge is 0.115 e. The highest BCUT2D eigenvalue weighted by molar-refractivity contribution is 6.46. The van der Waals surface area contributed by atoms with Crippen LogP contribution in [0.2, 0.25) is 0 Å². The highest BCUT2D eigenvalue weighted by atomic mass is 35.5.